The summed E-state index contributed by atoms with van der Waals surface area (Å²) in [6, 6.07) is -0.542. The van der Waals surface area contributed by atoms with Gasteiger partial charge in [-0.1, -0.05) is 21.0 Å². The lowest BCUT2D eigenvalue weighted by atomic mass is 10.1. The number of ether oxygens (including phenoxy) is 2. The molecule has 0 bridgehead atoms. The molecule has 0 spiro atoms. The van der Waals surface area contributed by atoms with Crippen molar-refractivity contribution in [2.45, 2.75) is 56.6 Å². The fourth-order valence-corrected chi connectivity index (χ4v) is 4.27. The summed E-state index contributed by atoms with van der Waals surface area (Å²) < 4.78 is 13.3. The molecular weight excluding hydrogens is 574 g/mol. The van der Waals surface area contributed by atoms with Gasteiger partial charge in [-0.3, -0.25) is 28.7 Å². The van der Waals surface area contributed by atoms with Gasteiger partial charge < -0.3 is 24.8 Å². The van der Waals surface area contributed by atoms with Crippen LogP contribution in [-0.4, -0.2) is 72.0 Å². The van der Waals surface area contributed by atoms with E-state index < -0.39 is 59.3 Å². The van der Waals surface area contributed by atoms with Gasteiger partial charge >= 0.3 is 11.4 Å². The number of aromatic amines is 2. The number of hydrogen-bond acceptors (Lipinski definition) is 10. The van der Waals surface area contributed by atoms with E-state index >= 15 is 0 Å². The number of halogens is 1. The van der Waals surface area contributed by atoms with Crippen LogP contribution in [-0.2, 0) is 9.47 Å². The van der Waals surface area contributed by atoms with Crippen molar-refractivity contribution in [3.8, 4) is 0 Å². The third-order valence-corrected chi connectivity index (χ3v) is 6.24. The van der Waals surface area contributed by atoms with Crippen LogP contribution in [0.1, 0.15) is 36.4 Å². The zero-order valence-corrected chi connectivity index (χ0v) is 21.6. The maximum Gasteiger partial charge on any atom is 0.330 e. The Morgan fingerprint density at radius 1 is 1.05 bits per heavy atom. The lowest BCUT2D eigenvalue weighted by Gasteiger charge is -2.14. The zero-order valence-electron chi connectivity index (χ0n) is 20.0. The summed E-state index contributed by atoms with van der Waals surface area (Å²) in [4.78, 5) is 54.7. The number of H-pyrrole nitrogens is 2. The van der Waals surface area contributed by atoms with E-state index in [1.807, 2.05) is 0 Å². The van der Waals surface area contributed by atoms with E-state index in [1.54, 1.807) is 6.92 Å². The number of aliphatic hydroxyl groups excluding tert-OH is 3. The van der Waals surface area contributed by atoms with Crippen LogP contribution in [0.25, 0.3) is 16.5 Å². The first-order valence-corrected chi connectivity index (χ1v) is 12.2. The second-order valence-corrected chi connectivity index (χ2v) is 8.99. The number of azide groups is 1. The highest BCUT2D eigenvalue weighted by molar-refractivity contribution is 9.11. The number of rotatable bonds is 6. The Labute approximate surface area is 221 Å². The minimum absolute atomic E-state index is 0.175. The molecule has 6 atom stereocenters. The molecule has 0 aromatic carbocycles. The highest BCUT2D eigenvalue weighted by atomic mass is 79.9. The lowest BCUT2D eigenvalue weighted by molar-refractivity contribution is -0.0459. The van der Waals surface area contributed by atoms with Gasteiger partial charge in [-0.15, -0.1) is 0 Å². The maximum absolute atomic E-state index is 11.7. The fourth-order valence-electron chi connectivity index (χ4n) is 3.99. The van der Waals surface area contributed by atoms with E-state index in [4.69, 9.17) is 25.2 Å². The molecule has 0 radical (unpaired) electrons. The van der Waals surface area contributed by atoms with Crippen molar-refractivity contribution in [3.05, 3.63) is 80.6 Å². The fraction of sp³-hybridized carbons (Fsp3) is 0.524. The first kappa shape index (κ1) is 29.2. The molecule has 0 aliphatic carbocycles. The highest BCUT2D eigenvalue weighted by Gasteiger charge is 2.36. The minimum Gasteiger partial charge on any atom is -0.394 e. The molecular formula is C21H26BrN7O9. The largest absolute Gasteiger partial charge is 0.394 e. The summed E-state index contributed by atoms with van der Waals surface area (Å²) in [7, 11) is 0. The summed E-state index contributed by atoms with van der Waals surface area (Å²) in [5.74, 6) is 0. The smallest absolute Gasteiger partial charge is 0.330 e. The molecule has 2 saturated heterocycles. The Kier molecular flexibility index (Phi) is 9.98. The van der Waals surface area contributed by atoms with Gasteiger partial charge in [0, 0.05) is 35.7 Å². The van der Waals surface area contributed by atoms with E-state index in [2.05, 4.69) is 35.9 Å². The second-order valence-electron chi connectivity index (χ2n) is 8.46. The van der Waals surface area contributed by atoms with Crippen molar-refractivity contribution in [2.24, 2.45) is 5.11 Å². The van der Waals surface area contributed by atoms with Gasteiger partial charge in [0.1, 0.15) is 18.6 Å². The van der Waals surface area contributed by atoms with Crippen LogP contribution in [0.5, 0.6) is 0 Å². The second kappa shape index (κ2) is 13.0. The van der Waals surface area contributed by atoms with Crippen LogP contribution >= 0.6 is 15.9 Å². The molecule has 206 valence electrons. The number of aryl methyl sites for hydroxylation is 1. The summed E-state index contributed by atoms with van der Waals surface area (Å²) in [6.07, 6.45) is 1.08. The molecule has 4 rings (SSSR count). The highest BCUT2D eigenvalue weighted by Crippen LogP contribution is 2.30. The number of hydrogen-bond donors (Lipinski definition) is 5. The molecule has 38 heavy (non-hydrogen) atoms. The summed E-state index contributed by atoms with van der Waals surface area (Å²) >= 11 is 3.05. The van der Waals surface area contributed by atoms with Crippen LogP contribution in [0, 0.1) is 6.92 Å². The predicted molar refractivity (Wildman–Crippen MR) is 136 cm³/mol. The van der Waals surface area contributed by atoms with E-state index in [-0.39, 0.29) is 31.6 Å². The summed E-state index contributed by atoms with van der Waals surface area (Å²) in [5, 5.41) is 31.3. The average Bonchev–Trinajstić information content (AvgIpc) is 3.46. The number of aromatic nitrogens is 4. The molecule has 17 heteroatoms. The predicted octanol–water partition coefficient (Wildman–Crippen LogP) is -0.653. The average molecular weight is 600 g/mol. The van der Waals surface area contributed by atoms with Crippen LogP contribution < -0.4 is 22.5 Å². The lowest BCUT2D eigenvalue weighted by Crippen LogP contribution is -2.33. The molecule has 2 aromatic heterocycles. The Morgan fingerprint density at radius 2 is 1.63 bits per heavy atom. The molecule has 0 unspecified atom stereocenters. The molecule has 0 saturated carbocycles. The quantitative estimate of drug-likeness (QED) is 0.161. The first-order valence-electron chi connectivity index (χ1n) is 11.3. The van der Waals surface area contributed by atoms with Crippen LogP contribution in [0.15, 0.2) is 41.7 Å². The SMILES string of the molecule is Cc1cn([C@H]2C[C@H](N=[N+]=[N-])[C@@H](CO)O2)c(=O)[nH]c1=O.O=c1[nH]c(=O)n([C@H]2C[C@H](O)[C@@H](CO)O2)cc1/C=C/Br. The molecule has 2 aliphatic rings. The standard InChI is InChI=1S/C11H13BrN2O5.C10H13N5O4/c12-2-1-6-4-14(11(18)13-10(6)17)9-3-7(16)8(5-15)19-9;1-5-3-15(10(18)12-9(5)17)8-2-6(13-14-11)7(4-16)19-8/h1-2,4,7-9,15-16H,3,5H2,(H,13,17,18);3,6-8,16H,2,4H2,1H3,(H,12,17,18)/b2-1+;/t7-,8+,9+;6-,7+,8+/m00/s1. The number of nitrogens with one attached hydrogen (secondary N) is 2. The van der Waals surface area contributed by atoms with Gasteiger partial charge in [0.25, 0.3) is 11.1 Å². The molecule has 16 nitrogen and oxygen atoms in total. The van der Waals surface area contributed by atoms with Gasteiger partial charge in [0.05, 0.1) is 37.0 Å². The van der Waals surface area contributed by atoms with E-state index in [9.17, 15) is 24.3 Å². The molecule has 0 amide bonds. The first-order chi connectivity index (χ1) is 18.1. The van der Waals surface area contributed by atoms with Crippen LogP contribution in [0.3, 0.4) is 0 Å². The van der Waals surface area contributed by atoms with Gasteiger partial charge in [-0.2, -0.15) is 0 Å². The van der Waals surface area contributed by atoms with E-state index in [1.165, 1.54) is 32.6 Å². The Morgan fingerprint density at radius 3 is 2.21 bits per heavy atom. The normalized spacial score (nSPS) is 26.7. The number of aliphatic hydroxyl groups is 3. The van der Waals surface area contributed by atoms with Crippen molar-refractivity contribution < 1.29 is 24.8 Å². The Balaban J connectivity index is 0.000000211. The van der Waals surface area contributed by atoms with Gasteiger partial charge in [-0.25, -0.2) is 9.59 Å². The number of nitrogens with zero attached hydrogens (tertiary/aromatic N) is 5. The maximum atomic E-state index is 11.7. The molecule has 2 fully saturated rings. The Hall–Kier alpha value is -3.31. The molecule has 5 N–H and O–H groups in total. The van der Waals surface area contributed by atoms with E-state index in [0.29, 0.717) is 5.56 Å². The summed E-state index contributed by atoms with van der Waals surface area (Å²) in [6.45, 7) is 0.930. The van der Waals surface area contributed by atoms with Crippen LogP contribution in [0.2, 0.25) is 0 Å². The third kappa shape index (κ3) is 6.57. The van der Waals surface area contributed by atoms with Crippen molar-refractivity contribution in [3.63, 3.8) is 0 Å². The zero-order chi connectivity index (χ0) is 28.0. The molecule has 2 aliphatic heterocycles. The van der Waals surface area contributed by atoms with Gasteiger partial charge in [0.2, 0.25) is 0 Å². The Bertz CT molecular complexity index is 1440. The third-order valence-electron chi connectivity index (χ3n) is 5.97. The monoisotopic (exact) mass is 599 g/mol. The van der Waals surface area contributed by atoms with Crippen molar-refractivity contribution >= 4 is 22.0 Å². The van der Waals surface area contributed by atoms with Crippen molar-refractivity contribution in [1.29, 1.82) is 0 Å². The summed E-state index contributed by atoms with van der Waals surface area (Å²) in [5.41, 5.74) is 6.91. The van der Waals surface area contributed by atoms with Gasteiger partial charge in [-0.05, 0) is 23.5 Å². The van der Waals surface area contributed by atoms with Gasteiger partial charge in [0.15, 0.2) is 0 Å². The molecule has 2 aromatic rings. The topological polar surface area (TPSA) is 238 Å². The molecule has 4 heterocycles. The van der Waals surface area contributed by atoms with E-state index in [0.717, 1.165) is 0 Å². The van der Waals surface area contributed by atoms with Crippen molar-refractivity contribution in [1.82, 2.24) is 19.1 Å². The minimum atomic E-state index is -0.844. The van der Waals surface area contributed by atoms with Crippen LogP contribution in [0.4, 0.5) is 0 Å². The van der Waals surface area contributed by atoms with Crippen molar-refractivity contribution in [2.75, 3.05) is 13.2 Å².